The molecule has 96 valence electrons. The summed E-state index contributed by atoms with van der Waals surface area (Å²) in [6.45, 7) is 5.03. The minimum atomic E-state index is -0.0264. The third-order valence-corrected chi connectivity index (χ3v) is 2.39. The highest BCUT2D eigenvalue weighted by molar-refractivity contribution is 5.81. The Hall–Kier alpha value is -2.09. The van der Waals surface area contributed by atoms with Crippen molar-refractivity contribution in [1.29, 1.82) is 5.26 Å². The first kappa shape index (κ1) is 14.0. The fraction of sp³-hybridized carbons (Fsp3) is 0.462. The quantitative estimate of drug-likeness (QED) is 0.846. The van der Waals surface area contributed by atoms with Gasteiger partial charge in [0, 0.05) is 25.5 Å². The van der Waals surface area contributed by atoms with Gasteiger partial charge in [-0.1, -0.05) is 13.8 Å². The molecule has 0 saturated carbocycles. The number of hydrogen-bond acceptors (Lipinski definition) is 4. The molecule has 1 aromatic rings. The molecule has 0 aliphatic rings. The third kappa shape index (κ3) is 4.42. The molecule has 1 heterocycles. The standard InChI is InChI=1S/C13H18N4O/c1-10(2)8-16-13(18)9-17(3)12-4-5-15-11(6-12)7-14/h4-6,10H,8-9H2,1-3H3,(H,16,18). The van der Waals surface area contributed by atoms with Gasteiger partial charge in [0.15, 0.2) is 0 Å². The number of rotatable bonds is 5. The van der Waals surface area contributed by atoms with Gasteiger partial charge in [-0.2, -0.15) is 5.26 Å². The van der Waals surface area contributed by atoms with Gasteiger partial charge < -0.3 is 10.2 Å². The van der Waals surface area contributed by atoms with E-state index < -0.39 is 0 Å². The van der Waals surface area contributed by atoms with Crippen molar-refractivity contribution >= 4 is 11.6 Å². The van der Waals surface area contributed by atoms with Crippen LogP contribution in [-0.2, 0) is 4.79 Å². The minimum absolute atomic E-state index is 0.0264. The number of pyridine rings is 1. The van der Waals surface area contributed by atoms with Crippen molar-refractivity contribution in [2.45, 2.75) is 13.8 Å². The second-order valence-electron chi connectivity index (χ2n) is 4.57. The fourth-order valence-electron chi connectivity index (χ4n) is 1.40. The van der Waals surface area contributed by atoms with E-state index in [1.54, 1.807) is 23.2 Å². The molecular weight excluding hydrogens is 228 g/mol. The normalized spacial score (nSPS) is 9.94. The Balaban J connectivity index is 2.56. The monoisotopic (exact) mass is 246 g/mol. The lowest BCUT2D eigenvalue weighted by Crippen LogP contribution is -2.36. The lowest BCUT2D eigenvalue weighted by molar-refractivity contribution is -0.119. The van der Waals surface area contributed by atoms with Crippen molar-refractivity contribution in [3.8, 4) is 6.07 Å². The van der Waals surface area contributed by atoms with Crippen LogP contribution in [0.25, 0.3) is 0 Å². The van der Waals surface area contributed by atoms with Crippen molar-refractivity contribution in [1.82, 2.24) is 10.3 Å². The summed E-state index contributed by atoms with van der Waals surface area (Å²) in [6.07, 6.45) is 1.57. The maximum Gasteiger partial charge on any atom is 0.239 e. The lowest BCUT2D eigenvalue weighted by Gasteiger charge is -2.19. The zero-order chi connectivity index (χ0) is 13.5. The SMILES string of the molecule is CC(C)CNC(=O)CN(C)c1ccnc(C#N)c1. The highest BCUT2D eigenvalue weighted by Gasteiger charge is 2.08. The number of anilines is 1. The van der Waals surface area contributed by atoms with Crippen molar-refractivity contribution in [3.05, 3.63) is 24.0 Å². The van der Waals surface area contributed by atoms with E-state index in [1.165, 1.54) is 0 Å². The predicted molar refractivity (Wildman–Crippen MR) is 70.1 cm³/mol. The maximum absolute atomic E-state index is 11.7. The van der Waals surface area contributed by atoms with E-state index in [1.807, 2.05) is 27.0 Å². The number of aromatic nitrogens is 1. The van der Waals surface area contributed by atoms with E-state index in [0.29, 0.717) is 18.2 Å². The van der Waals surface area contributed by atoms with Crippen molar-refractivity contribution in [2.24, 2.45) is 5.92 Å². The fourth-order valence-corrected chi connectivity index (χ4v) is 1.40. The minimum Gasteiger partial charge on any atom is -0.365 e. The summed E-state index contributed by atoms with van der Waals surface area (Å²) in [6, 6.07) is 5.41. The first-order valence-corrected chi connectivity index (χ1v) is 5.87. The van der Waals surface area contributed by atoms with E-state index in [2.05, 4.69) is 10.3 Å². The molecule has 5 heteroatoms. The zero-order valence-electron chi connectivity index (χ0n) is 11.0. The van der Waals surface area contributed by atoms with Crippen LogP contribution < -0.4 is 10.2 Å². The summed E-state index contributed by atoms with van der Waals surface area (Å²) in [4.78, 5) is 17.3. The number of carbonyl (C=O) groups excluding carboxylic acids is 1. The van der Waals surface area contributed by atoms with Crippen LogP contribution in [0.2, 0.25) is 0 Å². The number of nitrogens with zero attached hydrogens (tertiary/aromatic N) is 3. The predicted octanol–water partition coefficient (Wildman–Crippen LogP) is 1.16. The van der Waals surface area contributed by atoms with Gasteiger partial charge in [0.1, 0.15) is 11.8 Å². The van der Waals surface area contributed by atoms with Crippen molar-refractivity contribution in [2.75, 3.05) is 25.0 Å². The van der Waals surface area contributed by atoms with Crippen LogP contribution in [0.5, 0.6) is 0 Å². The molecule has 0 saturated heterocycles. The Morgan fingerprint density at radius 3 is 2.94 bits per heavy atom. The largest absolute Gasteiger partial charge is 0.365 e. The molecule has 0 unspecified atom stereocenters. The van der Waals surface area contributed by atoms with E-state index in [4.69, 9.17) is 5.26 Å². The Morgan fingerprint density at radius 1 is 1.61 bits per heavy atom. The summed E-state index contributed by atoms with van der Waals surface area (Å²) in [5, 5.41) is 11.6. The van der Waals surface area contributed by atoms with Gasteiger partial charge in [-0.15, -0.1) is 0 Å². The first-order valence-electron chi connectivity index (χ1n) is 5.87. The molecule has 5 nitrogen and oxygen atoms in total. The van der Waals surface area contributed by atoms with Gasteiger partial charge in [-0.25, -0.2) is 4.98 Å². The van der Waals surface area contributed by atoms with Gasteiger partial charge in [-0.3, -0.25) is 4.79 Å². The van der Waals surface area contributed by atoms with Crippen LogP contribution in [0, 0.1) is 17.2 Å². The molecular formula is C13H18N4O. The summed E-state index contributed by atoms with van der Waals surface area (Å²) < 4.78 is 0. The molecule has 0 radical (unpaired) electrons. The number of likely N-dealkylation sites (N-methyl/N-ethyl adjacent to an activating group) is 1. The topological polar surface area (TPSA) is 69.0 Å². The molecule has 0 aliphatic carbocycles. The van der Waals surface area contributed by atoms with Crippen LogP contribution >= 0.6 is 0 Å². The van der Waals surface area contributed by atoms with Crippen LogP contribution in [0.3, 0.4) is 0 Å². The molecule has 0 spiro atoms. The van der Waals surface area contributed by atoms with Crippen molar-refractivity contribution < 1.29 is 4.79 Å². The Bertz CT molecular complexity index is 451. The molecule has 18 heavy (non-hydrogen) atoms. The van der Waals surface area contributed by atoms with Crippen LogP contribution in [0.4, 0.5) is 5.69 Å². The smallest absolute Gasteiger partial charge is 0.239 e. The average Bonchev–Trinajstić information content (AvgIpc) is 2.36. The van der Waals surface area contributed by atoms with Gasteiger partial charge in [0.05, 0.1) is 6.54 Å². The van der Waals surface area contributed by atoms with Gasteiger partial charge in [0.2, 0.25) is 5.91 Å². The molecule has 1 amide bonds. The van der Waals surface area contributed by atoms with E-state index in [9.17, 15) is 4.79 Å². The zero-order valence-corrected chi connectivity index (χ0v) is 11.0. The second-order valence-corrected chi connectivity index (χ2v) is 4.57. The van der Waals surface area contributed by atoms with Gasteiger partial charge >= 0.3 is 0 Å². The summed E-state index contributed by atoms with van der Waals surface area (Å²) >= 11 is 0. The molecule has 0 bridgehead atoms. The van der Waals surface area contributed by atoms with Crippen LogP contribution in [-0.4, -0.2) is 31.0 Å². The van der Waals surface area contributed by atoms with Crippen molar-refractivity contribution in [3.63, 3.8) is 0 Å². The highest BCUT2D eigenvalue weighted by atomic mass is 16.2. The van der Waals surface area contributed by atoms with E-state index in [0.717, 1.165) is 5.69 Å². The van der Waals surface area contributed by atoms with Crippen LogP contribution in [0.15, 0.2) is 18.3 Å². The van der Waals surface area contributed by atoms with Gasteiger partial charge in [-0.05, 0) is 18.1 Å². The Labute approximate surface area is 107 Å². The van der Waals surface area contributed by atoms with Gasteiger partial charge in [0.25, 0.3) is 0 Å². The number of nitriles is 1. The molecule has 0 atom stereocenters. The number of nitrogens with one attached hydrogen (secondary N) is 1. The number of amides is 1. The molecule has 0 aromatic carbocycles. The molecule has 1 aromatic heterocycles. The summed E-state index contributed by atoms with van der Waals surface area (Å²) in [5.74, 6) is 0.409. The second kappa shape index (κ2) is 6.60. The molecule has 0 fully saturated rings. The summed E-state index contributed by atoms with van der Waals surface area (Å²) in [7, 11) is 1.81. The van der Waals surface area contributed by atoms with E-state index in [-0.39, 0.29) is 12.5 Å². The molecule has 0 aliphatic heterocycles. The van der Waals surface area contributed by atoms with Crippen LogP contribution in [0.1, 0.15) is 19.5 Å². The number of hydrogen-bond donors (Lipinski definition) is 1. The average molecular weight is 246 g/mol. The molecule has 1 rings (SSSR count). The Kier molecular flexibility index (Phi) is 5.12. The number of carbonyl (C=O) groups is 1. The maximum atomic E-state index is 11.7. The Morgan fingerprint density at radius 2 is 2.33 bits per heavy atom. The first-order chi connectivity index (χ1) is 8.52. The third-order valence-electron chi connectivity index (χ3n) is 2.39. The highest BCUT2D eigenvalue weighted by Crippen LogP contribution is 2.11. The summed E-state index contributed by atoms with van der Waals surface area (Å²) in [5.41, 5.74) is 1.16. The molecule has 1 N–H and O–H groups in total. The van der Waals surface area contributed by atoms with E-state index >= 15 is 0 Å². The lowest BCUT2D eigenvalue weighted by atomic mass is 10.2.